The second-order valence-electron chi connectivity index (χ2n) is 7.01. The van der Waals surface area contributed by atoms with Gasteiger partial charge in [0, 0.05) is 41.3 Å². The molecule has 5 heteroatoms. The highest BCUT2D eigenvalue weighted by atomic mass is 16.1. The number of pyridine rings is 1. The van der Waals surface area contributed by atoms with Crippen molar-refractivity contribution in [3.05, 3.63) is 71.2 Å². The second kappa shape index (κ2) is 7.74. The predicted octanol–water partition coefficient (Wildman–Crippen LogP) is 3.56. The summed E-state index contributed by atoms with van der Waals surface area (Å²) in [4.78, 5) is 16.5. The summed E-state index contributed by atoms with van der Waals surface area (Å²) in [6.07, 6.45) is 8.16. The molecule has 0 atom stereocenters. The van der Waals surface area contributed by atoms with Gasteiger partial charge < -0.3 is 5.32 Å². The Morgan fingerprint density at radius 2 is 1.89 bits per heavy atom. The average Bonchev–Trinajstić information content (AvgIpc) is 3.08. The molecule has 27 heavy (non-hydrogen) atoms. The van der Waals surface area contributed by atoms with E-state index < -0.39 is 0 Å². The Morgan fingerprint density at radius 3 is 2.70 bits per heavy atom. The zero-order valence-electron chi connectivity index (χ0n) is 15.6. The van der Waals surface area contributed by atoms with E-state index in [4.69, 9.17) is 5.10 Å². The van der Waals surface area contributed by atoms with Gasteiger partial charge in [-0.1, -0.05) is 18.2 Å². The minimum atomic E-state index is -0.0246. The van der Waals surface area contributed by atoms with E-state index in [2.05, 4.69) is 15.0 Å². The molecule has 0 saturated carbocycles. The molecule has 1 aliphatic rings. The number of nitrogens with zero attached hydrogens (tertiary/aromatic N) is 3. The van der Waals surface area contributed by atoms with Crippen LogP contribution in [-0.2, 0) is 19.4 Å². The molecule has 1 aliphatic carbocycles. The Kier molecular flexibility index (Phi) is 5.01. The van der Waals surface area contributed by atoms with Gasteiger partial charge in [-0.15, -0.1) is 0 Å². The van der Waals surface area contributed by atoms with E-state index in [-0.39, 0.29) is 5.91 Å². The maximum atomic E-state index is 12.4. The summed E-state index contributed by atoms with van der Waals surface area (Å²) in [5.74, 6) is -0.0246. The Balaban J connectivity index is 1.50. The summed E-state index contributed by atoms with van der Waals surface area (Å²) in [6, 6.07) is 11.7. The molecule has 0 fully saturated rings. The van der Waals surface area contributed by atoms with Crippen molar-refractivity contribution in [1.82, 2.24) is 20.1 Å². The Hall–Kier alpha value is -2.95. The van der Waals surface area contributed by atoms with Crippen molar-refractivity contribution in [2.24, 2.45) is 0 Å². The van der Waals surface area contributed by atoms with E-state index in [1.807, 2.05) is 55.7 Å². The number of nitrogens with one attached hydrogen (secondary N) is 1. The number of hydrogen-bond acceptors (Lipinski definition) is 3. The third-order valence-electron chi connectivity index (χ3n) is 5.21. The highest BCUT2D eigenvalue weighted by Gasteiger charge is 2.21. The number of carbonyl (C=O) groups excluding carboxylic acids is 1. The van der Waals surface area contributed by atoms with Gasteiger partial charge in [-0.2, -0.15) is 5.10 Å². The number of aryl methyl sites for hydroxylation is 1. The topological polar surface area (TPSA) is 59.8 Å². The molecule has 3 aromatic rings. The Labute approximate surface area is 159 Å². The first-order valence-electron chi connectivity index (χ1n) is 9.57. The van der Waals surface area contributed by atoms with Gasteiger partial charge in [0.05, 0.1) is 12.2 Å². The Bertz CT molecular complexity index is 946. The maximum Gasteiger partial charge on any atom is 0.251 e. The zero-order valence-corrected chi connectivity index (χ0v) is 15.6. The lowest BCUT2D eigenvalue weighted by Crippen LogP contribution is -2.28. The van der Waals surface area contributed by atoms with Crippen LogP contribution in [0.5, 0.6) is 0 Å². The van der Waals surface area contributed by atoms with E-state index in [0.29, 0.717) is 13.1 Å². The first kappa shape index (κ1) is 17.5. The van der Waals surface area contributed by atoms with Crippen LogP contribution in [0.4, 0.5) is 0 Å². The minimum Gasteiger partial charge on any atom is -0.350 e. The van der Waals surface area contributed by atoms with Crippen molar-refractivity contribution in [1.29, 1.82) is 0 Å². The smallest absolute Gasteiger partial charge is 0.251 e. The van der Waals surface area contributed by atoms with Crippen molar-refractivity contribution in [3.63, 3.8) is 0 Å². The van der Waals surface area contributed by atoms with E-state index in [9.17, 15) is 4.79 Å². The largest absolute Gasteiger partial charge is 0.350 e. The average molecular weight is 360 g/mol. The predicted molar refractivity (Wildman–Crippen MR) is 106 cm³/mol. The van der Waals surface area contributed by atoms with Crippen LogP contribution in [0.3, 0.4) is 0 Å². The van der Waals surface area contributed by atoms with Crippen molar-refractivity contribution >= 4 is 5.91 Å². The first-order valence-corrected chi connectivity index (χ1v) is 9.57. The molecule has 0 saturated heterocycles. The van der Waals surface area contributed by atoms with Gasteiger partial charge >= 0.3 is 0 Å². The summed E-state index contributed by atoms with van der Waals surface area (Å²) in [5.41, 5.74) is 6.59. The van der Waals surface area contributed by atoms with Crippen LogP contribution in [0, 0.1) is 6.92 Å². The number of rotatable bonds is 5. The third kappa shape index (κ3) is 3.63. The van der Waals surface area contributed by atoms with Crippen molar-refractivity contribution in [3.8, 4) is 11.3 Å². The lowest BCUT2D eigenvalue weighted by molar-refractivity contribution is 0.0951. The normalized spacial score (nSPS) is 13.2. The van der Waals surface area contributed by atoms with E-state index in [1.54, 1.807) is 0 Å². The highest BCUT2D eigenvalue weighted by Crippen LogP contribution is 2.30. The summed E-state index contributed by atoms with van der Waals surface area (Å²) < 4.78 is 2.09. The van der Waals surface area contributed by atoms with Gasteiger partial charge in [-0.3, -0.25) is 14.5 Å². The molecule has 0 spiro atoms. The Morgan fingerprint density at radius 1 is 1.11 bits per heavy atom. The number of benzene rings is 1. The fourth-order valence-electron chi connectivity index (χ4n) is 3.80. The maximum absolute atomic E-state index is 12.4. The number of fused-ring (bicyclic) bond motifs is 1. The van der Waals surface area contributed by atoms with E-state index in [1.165, 1.54) is 24.1 Å². The zero-order chi connectivity index (χ0) is 18.6. The van der Waals surface area contributed by atoms with Gasteiger partial charge in [-0.05, 0) is 56.4 Å². The van der Waals surface area contributed by atoms with Gasteiger partial charge in [0.1, 0.15) is 0 Å². The molecule has 0 bridgehead atoms. The summed E-state index contributed by atoms with van der Waals surface area (Å²) in [7, 11) is 0. The molecule has 2 heterocycles. The van der Waals surface area contributed by atoms with Crippen LogP contribution in [0.25, 0.3) is 11.3 Å². The van der Waals surface area contributed by atoms with E-state index >= 15 is 0 Å². The third-order valence-corrected chi connectivity index (χ3v) is 5.21. The lowest BCUT2D eigenvalue weighted by Gasteiger charge is -2.14. The molecule has 5 nitrogen and oxygen atoms in total. The molecule has 1 aromatic carbocycles. The van der Waals surface area contributed by atoms with Crippen molar-refractivity contribution in [2.45, 2.75) is 39.2 Å². The molecule has 1 N–H and O–H groups in total. The van der Waals surface area contributed by atoms with Gasteiger partial charge in [0.2, 0.25) is 0 Å². The molecule has 138 valence electrons. The lowest BCUT2D eigenvalue weighted by atomic mass is 9.94. The van der Waals surface area contributed by atoms with E-state index in [0.717, 1.165) is 35.2 Å². The van der Waals surface area contributed by atoms with Crippen LogP contribution < -0.4 is 5.32 Å². The fraction of sp³-hybridized carbons (Fsp3) is 0.318. The first-order chi connectivity index (χ1) is 13.2. The van der Waals surface area contributed by atoms with Gasteiger partial charge in [0.25, 0.3) is 5.91 Å². The molecule has 2 aromatic heterocycles. The molecule has 0 aliphatic heterocycles. The van der Waals surface area contributed by atoms with Crippen LogP contribution >= 0.6 is 0 Å². The molecule has 4 rings (SSSR count). The molecule has 0 unspecified atom stereocenters. The number of amides is 1. The SMILES string of the molecule is Cc1ccccc1C(=O)NCCn1nc(-c2ccncc2)c2c1CCCC2. The monoisotopic (exact) mass is 360 g/mol. The van der Waals surface area contributed by atoms with Crippen LogP contribution in [0.2, 0.25) is 0 Å². The summed E-state index contributed by atoms with van der Waals surface area (Å²) >= 11 is 0. The second-order valence-corrected chi connectivity index (χ2v) is 7.01. The summed E-state index contributed by atoms with van der Waals surface area (Å²) in [6.45, 7) is 3.21. The molecule has 1 amide bonds. The van der Waals surface area contributed by atoms with Gasteiger partial charge in [-0.25, -0.2) is 0 Å². The van der Waals surface area contributed by atoms with Crippen LogP contribution in [-0.4, -0.2) is 27.2 Å². The van der Waals surface area contributed by atoms with Crippen LogP contribution in [0.1, 0.15) is 40.0 Å². The number of aromatic nitrogens is 3. The molecular weight excluding hydrogens is 336 g/mol. The van der Waals surface area contributed by atoms with Gasteiger partial charge in [0.15, 0.2) is 0 Å². The molecular formula is C22H24N4O. The molecule has 0 radical (unpaired) electrons. The minimum absolute atomic E-state index is 0.0246. The van der Waals surface area contributed by atoms with Crippen molar-refractivity contribution < 1.29 is 4.79 Å². The number of carbonyl (C=O) groups is 1. The van der Waals surface area contributed by atoms with Crippen LogP contribution in [0.15, 0.2) is 48.8 Å². The standard InChI is InChI=1S/C22H24N4O/c1-16-6-2-3-7-18(16)22(27)24-14-15-26-20-9-5-4-8-19(20)21(25-26)17-10-12-23-13-11-17/h2-3,6-7,10-13H,4-5,8-9,14-15H2,1H3,(H,24,27). The number of hydrogen-bond donors (Lipinski definition) is 1. The fourth-order valence-corrected chi connectivity index (χ4v) is 3.80. The van der Waals surface area contributed by atoms with Crippen molar-refractivity contribution in [2.75, 3.05) is 6.54 Å². The summed E-state index contributed by atoms with van der Waals surface area (Å²) in [5, 5.41) is 7.92. The highest BCUT2D eigenvalue weighted by molar-refractivity contribution is 5.95. The quantitative estimate of drug-likeness (QED) is 0.757.